The van der Waals surface area contributed by atoms with Gasteiger partial charge in [0.2, 0.25) is 11.8 Å². The van der Waals surface area contributed by atoms with E-state index >= 15 is 0 Å². The van der Waals surface area contributed by atoms with Gasteiger partial charge < -0.3 is 9.80 Å². The molecule has 0 N–H and O–H groups in total. The van der Waals surface area contributed by atoms with Crippen molar-refractivity contribution in [3.8, 4) is 0 Å². The van der Waals surface area contributed by atoms with Crippen molar-refractivity contribution >= 4 is 11.8 Å². The highest BCUT2D eigenvalue weighted by atomic mass is 16.2. The minimum atomic E-state index is 0.0799. The maximum absolute atomic E-state index is 12.8. The molecule has 0 radical (unpaired) electrons. The SMILES string of the molecule is CN(C)C(=O)C1CCN(C(=O)C2CCN(Cc3ccncc3)CC2)CC1. The molecule has 1 aromatic rings. The molecule has 6 nitrogen and oxygen atoms in total. The van der Waals surface area contributed by atoms with Crippen molar-refractivity contribution in [2.45, 2.75) is 32.2 Å². The summed E-state index contributed by atoms with van der Waals surface area (Å²) in [7, 11) is 3.61. The molecule has 3 rings (SSSR count). The number of likely N-dealkylation sites (tertiary alicyclic amines) is 2. The van der Waals surface area contributed by atoms with E-state index in [1.807, 2.05) is 17.3 Å². The van der Waals surface area contributed by atoms with Gasteiger partial charge in [0.05, 0.1) is 0 Å². The fraction of sp³-hybridized carbons (Fsp3) is 0.650. The molecule has 3 heterocycles. The van der Waals surface area contributed by atoms with E-state index in [1.165, 1.54) is 5.56 Å². The second-order valence-electron chi connectivity index (χ2n) is 7.74. The van der Waals surface area contributed by atoms with Crippen molar-refractivity contribution < 1.29 is 9.59 Å². The zero-order valence-corrected chi connectivity index (χ0v) is 15.9. The van der Waals surface area contributed by atoms with Gasteiger partial charge in [-0.25, -0.2) is 0 Å². The van der Waals surface area contributed by atoms with E-state index < -0.39 is 0 Å². The number of carbonyl (C=O) groups is 2. The van der Waals surface area contributed by atoms with Crippen molar-refractivity contribution in [3.63, 3.8) is 0 Å². The summed E-state index contributed by atoms with van der Waals surface area (Å²) in [6.45, 7) is 4.31. The van der Waals surface area contributed by atoms with Gasteiger partial charge in [0.1, 0.15) is 0 Å². The molecule has 2 aliphatic heterocycles. The van der Waals surface area contributed by atoms with Crippen molar-refractivity contribution in [2.75, 3.05) is 40.3 Å². The van der Waals surface area contributed by atoms with E-state index in [9.17, 15) is 9.59 Å². The summed E-state index contributed by atoms with van der Waals surface area (Å²) in [4.78, 5) is 35.0. The van der Waals surface area contributed by atoms with Crippen LogP contribution < -0.4 is 0 Å². The lowest BCUT2D eigenvalue weighted by Gasteiger charge is -2.37. The monoisotopic (exact) mass is 358 g/mol. The average Bonchev–Trinajstić information content (AvgIpc) is 2.68. The third-order valence-corrected chi connectivity index (χ3v) is 5.69. The highest BCUT2D eigenvalue weighted by Crippen LogP contribution is 2.25. The lowest BCUT2D eigenvalue weighted by Crippen LogP contribution is -2.47. The molecule has 26 heavy (non-hydrogen) atoms. The Morgan fingerprint density at radius 3 is 2.15 bits per heavy atom. The normalized spacial score (nSPS) is 20.2. The first-order valence-electron chi connectivity index (χ1n) is 9.66. The molecular weight excluding hydrogens is 328 g/mol. The van der Waals surface area contributed by atoms with Crippen molar-refractivity contribution in [1.82, 2.24) is 19.7 Å². The van der Waals surface area contributed by atoms with Crippen LogP contribution in [0.5, 0.6) is 0 Å². The second-order valence-corrected chi connectivity index (χ2v) is 7.74. The molecule has 0 saturated carbocycles. The fourth-order valence-electron chi connectivity index (χ4n) is 4.05. The van der Waals surface area contributed by atoms with Crippen molar-refractivity contribution in [1.29, 1.82) is 0 Å². The number of amides is 2. The van der Waals surface area contributed by atoms with Crippen LogP contribution in [0, 0.1) is 11.8 Å². The summed E-state index contributed by atoms with van der Waals surface area (Å²) in [6.07, 6.45) is 7.11. The Morgan fingerprint density at radius 2 is 1.58 bits per heavy atom. The van der Waals surface area contributed by atoms with Gasteiger partial charge in [0.15, 0.2) is 0 Å². The molecule has 142 valence electrons. The molecule has 1 aromatic heterocycles. The Bertz CT molecular complexity index is 603. The lowest BCUT2D eigenvalue weighted by molar-refractivity contribution is -0.142. The molecule has 0 aliphatic carbocycles. The van der Waals surface area contributed by atoms with Crippen LogP contribution in [-0.4, -0.2) is 71.8 Å². The number of aromatic nitrogens is 1. The Hall–Kier alpha value is -1.95. The van der Waals surface area contributed by atoms with Crippen LogP contribution in [0.4, 0.5) is 0 Å². The number of carbonyl (C=O) groups excluding carboxylic acids is 2. The van der Waals surface area contributed by atoms with Gasteiger partial charge >= 0.3 is 0 Å². The average molecular weight is 358 g/mol. The first kappa shape index (κ1) is 18.8. The van der Waals surface area contributed by atoms with Gasteiger partial charge in [-0.2, -0.15) is 0 Å². The number of piperidine rings is 2. The van der Waals surface area contributed by atoms with Crippen molar-refractivity contribution in [3.05, 3.63) is 30.1 Å². The van der Waals surface area contributed by atoms with Gasteiger partial charge in [-0.1, -0.05) is 0 Å². The number of pyridine rings is 1. The van der Waals surface area contributed by atoms with Crippen LogP contribution in [0.1, 0.15) is 31.2 Å². The number of nitrogens with zero attached hydrogens (tertiary/aromatic N) is 4. The van der Waals surface area contributed by atoms with E-state index in [0.29, 0.717) is 5.91 Å². The highest BCUT2D eigenvalue weighted by molar-refractivity contribution is 5.81. The molecule has 2 saturated heterocycles. The largest absolute Gasteiger partial charge is 0.349 e. The second kappa shape index (κ2) is 8.62. The topological polar surface area (TPSA) is 56.8 Å². The zero-order valence-electron chi connectivity index (χ0n) is 15.9. The summed E-state index contributed by atoms with van der Waals surface area (Å²) in [5.41, 5.74) is 1.28. The Balaban J connectivity index is 1.43. The van der Waals surface area contributed by atoms with E-state index in [0.717, 1.165) is 58.4 Å². The van der Waals surface area contributed by atoms with Crippen molar-refractivity contribution in [2.24, 2.45) is 11.8 Å². The van der Waals surface area contributed by atoms with Crippen LogP contribution in [0.2, 0.25) is 0 Å². The summed E-state index contributed by atoms with van der Waals surface area (Å²) < 4.78 is 0. The number of hydrogen-bond donors (Lipinski definition) is 0. The third-order valence-electron chi connectivity index (χ3n) is 5.69. The first-order valence-corrected chi connectivity index (χ1v) is 9.66. The van der Waals surface area contributed by atoms with Crippen LogP contribution in [0.15, 0.2) is 24.5 Å². The Morgan fingerprint density at radius 1 is 1.00 bits per heavy atom. The molecule has 6 heteroatoms. The third kappa shape index (κ3) is 4.61. The quantitative estimate of drug-likeness (QED) is 0.821. The predicted molar refractivity (Wildman–Crippen MR) is 100 cm³/mol. The van der Waals surface area contributed by atoms with Gasteiger partial charge in [0.25, 0.3) is 0 Å². The number of hydrogen-bond acceptors (Lipinski definition) is 4. The minimum Gasteiger partial charge on any atom is -0.349 e. The van der Waals surface area contributed by atoms with Crippen LogP contribution in [0.3, 0.4) is 0 Å². The smallest absolute Gasteiger partial charge is 0.225 e. The summed E-state index contributed by atoms with van der Waals surface area (Å²) in [5.74, 6) is 0.715. The van der Waals surface area contributed by atoms with Crippen LogP contribution in [-0.2, 0) is 16.1 Å². The molecule has 0 unspecified atom stereocenters. The fourth-order valence-corrected chi connectivity index (χ4v) is 4.05. The lowest BCUT2D eigenvalue weighted by atomic mass is 9.91. The molecule has 0 bridgehead atoms. The zero-order chi connectivity index (χ0) is 18.5. The molecule has 2 fully saturated rings. The maximum Gasteiger partial charge on any atom is 0.225 e. The molecule has 2 aliphatic rings. The van der Waals surface area contributed by atoms with Gasteiger partial charge in [-0.3, -0.25) is 19.5 Å². The van der Waals surface area contributed by atoms with E-state index in [-0.39, 0.29) is 17.7 Å². The Kier molecular flexibility index (Phi) is 6.25. The summed E-state index contributed by atoms with van der Waals surface area (Å²) in [5, 5.41) is 0. The van der Waals surface area contributed by atoms with E-state index in [2.05, 4.69) is 22.0 Å². The molecule has 0 aromatic carbocycles. The summed E-state index contributed by atoms with van der Waals surface area (Å²) >= 11 is 0. The first-order chi connectivity index (χ1) is 12.5. The minimum absolute atomic E-state index is 0.0799. The highest BCUT2D eigenvalue weighted by Gasteiger charge is 2.32. The predicted octanol–water partition coefficient (Wildman–Crippen LogP) is 1.62. The van der Waals surface area contributed by atoms with Crippen LogP contribution >= 0.6 is 0 Å². The van der Waals surface area contributed by atoms with E-state index in [4.69, 9.17) is 0 Å². The Labute approximate surface area is 156 Å². The molecule has 0 atom stereocenters. The van der Waals surface area contributed by atoms with Crippen LogP contribution in [0.25, 0.3) is 0 Å². The van der Waals surface area contributed by atoms with Gasteiger partial charge in [-0.15, -0.1) is 0 Å². The standard InChI is InChI=1S/C20H30N4O2/c1-22(2)19(25)17-7-13-24(14-8-17)20(26)18-5-11-23(12-6-18)15-16-3-9-21-10-4-16/h3-4,9-10,17-18H,5-8,11-15H2,1-2H3. The molecule has 0 spiro atoms. The van der Waals surface area contributed by atoms with Gasteiger partial charge in [-0.05, 0) is 56.5 Å². The summed E-state index contributed by atoms with van der Waals surface area (Å²) in [6, 6.07) is 4.10. The number of rotatable bonds is 4. The van der Waals surface area contributed by atoms with Gasteiger partial charge in [0, 0.05) is 58.0 Å². The molecular formula is C20H30N4O2. The maximum atomic E-state index is 12.8. The molecule has 2 amide bonds. The van der Waals surface area contributed by atoms with E-state index in [1.54, 1.807) is 19.0 Å².